The van der Waals surface area contributed by atoms with Gasteiger partial charge in [-0.15, -0.1) is 12.8 Å². The lowest BCUT2D eigenvalue weighted by atomic mass is 9.48. The van der Waals surface area contributed by atoms with Crippen molar-refractivity contribution in [1.82, 2.24) is 0 Å². The molecule has 8 nitrogen and oxygen atoms in total. The number of carbonyl (C=O) groups excluding carboxylic acids is 2. The van der Waals surface area contributed by atoms with E-state index in [1.807, 2.05) is 12.2 Å². The Morgan fingerprint density at radius 3 is 1.21 bits per heavy atom. The molecule has 6 fully saturated rings. The first-order chi connectivity index (χ1) is 34.9. The highest BCUT2D eigenvalue weighted by Gasteiger charge is 2.65. The van der Waals surface area contributed by atoms with E-state index in [9.17, 15) is 29.4 Å². The topological polar surface area (TPSA) is 149 Å². The first kappa shape index (κ1) is 60.1. The number of unbranched alkanes of at least 4 members (excludes halogenated alkanes) is 13. The third-order valence-corrected chi connectivity index (χ3v) is 20.1. The van der Waals surface area contributed by atoms with Gasteiger partial charge in [-0.1, -0.05) is 158 Å². The van der Waals surface area contributed by atoms with E-state index in [0.717, 1.165) is 116 Å². The Morgan fingerprint density at radius 1 is 0.548 bits per heavy atom. The number of hydrogen-bond acceptors (Lipinski definition) is 6. The number of aliphatic carboxylic acids is 2. The van der Waals surface area contributed by atoms with Gasteiger partial charge in [0, 0.05) is 36.5 Å². The van der Waals surface area contributed by atoms with Crippen molar-refractivity contribution >= 4 is 23.5 Å². The molecule has 0 aromatic heterocycles. The summed E-state index contributed by atoms with van der Waals surface area (Å²) < 4.78 is 0. The minimum absolute atomic E-state index is 0.189. The minimum Gasteiger partial charge on any atom is -0.481 e. The van der Waals surface area contributed by atoms with Crippen LogP contribution in [0.25, 0.3) is 0 Å². The lowest BCUT2D eigenvalue weighted by Crippen LogP contribution is -2.54. The van der Waals surface area contributed by atoms with Crippen LogP contribution in [0.1, 0.15) is 240 Å². The van der Waals surface area contributed by atoms with E-state index in [4.69, 9.17) is 23.1 Å². The summed E-state index contributed by atoms with van der Waals surface area (Å²) in [6.45, 7) is 17.7. The maximum absolute atomic E-state index is 11.8. The highest BCUT2D eigenvalue weighted by atomic mass is 16.4. The van der Waals surface area contributed by atoms with E-state index in [2.05, 4.69) is 52.7 Å². The van der Waals surface area contributed by atoms with Gasteiger partial charge in [0.15, 0.2) is 11.6 Å². The van der Waals surface area contributed by atoms with Crippen molar-refractivity contribution in [2.45, 2.75) is 251 Å². The van der Waals surface area contributed by atoms with Crippen molar-refractivity contribution in [3.8, 4) is 24.7 Å². The average Bonchev–Trinajstić information content (AvgIpc) is 3.85. The van der Waals surface area contributed by atoms with E-state index >= 15 is 0 Å². The number of terminal acetylenes is 2. The first-order valence-corrected chi connectivity index (χ1v) is 29.6. The zero-order valence-corrected chi connectivity index (χ0v) is 46.1. The van der Waals surface area contributed by atoms with Gasteiger partial charge in [0.05, 0.1) is 0 Å². The van der Waals surface area contributed by atoms with Crippen LogP contribution in [0.4, 0.5) is 0 Å². The van der Waals surface area contributed by atoms with Gasteiger partial charge in [-0.3, -0.25) is 19.2 Å². The van der Waals surface area contributed by atoms with Gasteiger partial charge < -0.3 is 20.4 Å². The zero-order valence-electron chi connectivity index (χ0n) is 46.1. The Labute approximate surface area is 442 Å². The number of fused-ring (bicyclic) bond motifs is 10. The first-order valence-electron chi connectivity index (χ1n) is 29.6. The molecular weight excluding hydrogens is 909 g/mol. The Kier molecular flexibility index (Phi) is 23.0. The molecule has 8 rings (SSSR count). The molecule has 0 radical (unpaired) electrons. The van der Waals surface area contributed by atoms with Gasteiger partial charge >= 0.3 is 11.9 Å². The van der Waals surface area contributed by atoms with Crippen LogP contribution >= 0.6 is 0 Å². The van der Waals surface area contributed by atoms with Crippen LogP contribution in [-0.4, -0.2) is 55.1 Å². The lowest BCUT2D eigenvalue weighted by Gasteiger charge is -2.56. The highest BCUT2D eigenvalue weighted by Crippen LogP contribution is 2.69. The standard InChI is InChI=1S/2C22H28O2.C11H22O2.C10H20O2/c2*1-4-21-13-14(3)20-17-9-7-16(23)12-15(17)6-8-18(20)19(21)10-11-22(21,24)5-2;1-2-3-4-5-6-7-8-9-10-11(12)13;1-2-3-4-5-6-7-8-9-10(11)12/h2*2,12,17-20,24H,3-4,6-11,13H2,1H3;2-10H2,1H3,(H,12,13);2-9H2,1H3,(H,11,12)/t2*17-,18-,19-,20+,21-,22-;;/m00../s1. The van der Waals surface area contributed by atoms with E-state index in [-0.39, 0.29) is 10.8 Å². The van der Waals surface area contributed by atoms with Crippen LogP contribution in [-0.2, 0) is 19.2 Å². The van der Waals surface area contributed by atoms with Crippen LogP contribution in [0, 0.1) is 82.9 Å². The summed E-state index contributed by atoms with van der Waals surface area (Å²) in [5, 5.41) is 39.1. The third-order valence-electron chi connectivity index (χ3n) is 20.1. The summed E-state index contributed by atoms with van der Waals surface area (Å²) >= 11 is 0. The number of aliphatic hydroxyl groups is 2. The van der Waals surface area contributed by atoms with E-state index in [1.165, 1.54) is 92.9 Å². The Bertz CT molecular complexity index is 1950. The molecule has 73 heavy (non-hydrogen) atoms. The molecule has 0 saturated heterocycles. The maximum Gasteiger partial charge on any atom is 0.303 e. The molecule has 8 aliphatic carbocycles. The molecule has 8 heteroatoms. The molecule has 0 heterocycles. The molecule has 0 spiro atoms. The quantitative estimate of drug-likeness (QED) is 0.0568. The Morgan fingerprint density at radius 2 is 0.890 bits per heavy atom. The molecule has 0 bridgehead atoms. The van der Waals surface area contributed by atoms with Crippen LogP contribution in [0.5, 0.6) is 0 Å². The molecule has 0 aromatic rings. The molecule has 4 N–H and O–H groups in total. The van der Waals surface area contributed by atoms with Crippen molar-refractivity contribution in [3.63, 3.8) is 0 Å². The lowest BCUT2D eigenvalue weighted by molar-refractivity contribution is -0.138. The summed E-state index contributed by atoms with van der Waals surface area (Å²) in [6, 6.07) is 0. The highest BCUT2D eigenvalue weighted by molar-refractivity contribution is 5.92. The Hall–Kier alpha value is -3.72. The number of hydrogen-bond donors (Lipinski definition) is 4. The second-order valence-corrected chi connectivity index (χ2v) is 24.0. The maximum atomic E-state index is 11.8. The fourth-order valence-electron chi connectivity index (χ4n) is 16.4. The van der Waals surface area contributed by atoms with Gasteiger partial charge in [0.1, 0.15) is 11.2 Å². The molecule has 0 aromatic carbocycles. The summed E-state index contributed by atoms with van der Waals surface area (Å²) in [5.41, 5.74) is 2.96. The predicted octanol–water partition coefficient (Wildman–Crippen LogP) is 14.9. The van der Waals surface area contributed by atoms with Crippen LogP contribution in [0.2, 0.25) is 0 Å². The van der Waals surface area contributed by atoms with Crippen molar-refractivity contribution < 1.29 is 39.6 Å². The largest absolute Gasteiger partial charge is 0.481 e. The number of carboxylic acids is 2. The second kappa shape index (κ2) is 27.9. The normalized spacial score (nSPS) is 34.6. The summed E-state index contributed by atoms with van der Waals surface area (Å²) in [5.74, 6) is 8.93. The number of carboxylic acid groups (broad SMARTS) is 2. The molecule has 0 amide bonds. The summed E-state index contributed by atoms with van der Waals surface area (Å²) in [7, 11) is 0. The monoisotopic (exact) mass is 1010 g/mol. The van der Waals surface area contributed by atoms with Crippen molar-refractivity contribution in [2.75, 3.05) is 0 Å². The Balaban J connectivity index is 0.000000190. The van der Waals surface area contributed by atoms with Crippen molar-refractivity contribution in [2.24, 2.45) is 58.2 Å². The molecule has 6 saturated carbocycles. The van der Waals surface area contributed by atoms with Gasteiger partial charge in [0.2, 0.25) is 0 Å². The van der Waals surface area contributed by atoms with E-state index < -0.39 is 23.1 Å². The molecular formula is C65H98O8. The minimum atomic E-state index is -0.973. The van der Waals surface area contributed by atoms with Crippen molar-refractivity contribution in [1.29, 1.82) is 0 Å². The fourth-order valence-corrected chi connectivity index (χ4v) is 16.4. The van der Waals surface area contributed by atoms with Crippen LogP contribution < -0.4 is 0 Å². The predicted molar refractivity (Wildman–Crippen MR) is 295 cm³/mol. The van der Waals surface area contributed by atoms with Gasteiger partial charge in [0.25, 0.3) is 0 Å². The van der Waals surface area contributed by atoms with Crippen LogP contribution in [0.3, 0.4) is 0 Å². The molecule has 12 atom stereocenters. The molecule has 8 aliphatic rings. The van der Waals surface area contributed by atoms with Gasteiger partial charge in [-0.25, -0.2) is 0 Å². The van der Waals surface area contributed by atoms with Gasteiger partial charge in [-0.05, 0) is 162 Å². The second-order valence-electron chi connectivity index (χ2n) is 24.0. The smallest absolute Gasteiger partial charge is 0.303 e. The fraction of sp³-hybridized carbons (Fsp3) is 0.754. The molecule has 0 unspecified atom stereocenters. The zero-order chi connectivity index (χ0) is 53.4. The number of ketones is 2. The number of carbonyl (C=O) groups is 4. The summed E-state index contributed by atoms with van der Waals surface area (Å²) in [4.78, 5) is 43.9. The van der Waals surface area contributed by atoms with Crippen LogP contribution in [0.15, 0.2) is 47.6 Å². The van der Waals surface area contributed by atoms with Crippen molar-refractivity contribution in [3.05, 3.63) is 47.6 Å². The molecule has 406 valence electrons. The third kappa shape index (κ3) is 13.8. The SMILES string of the molecule is C#C[C@]1(O)CC[C@H]2[C@@H]3CCC4=CC(=O)CC[C@@H]4[C@H]3C(=C)C[C@@]21CC.C#C[C@]1(O)CC[C@H]2[C@@H]3CCC4=CC(=O)CC[C@@H]4[C@H]3C(=C)C[C@@]21CC.CCCCCCCCCC(=O)O.CCCCCCCCCCC(=O)O. The number of rotatable bonds is 19. The van der Waals surface area contributed by atoms with E-state index in [0.29, 0.717) is 84.6 Å². The average molecular weight is 1010 g/mol. The summed E-state index contributed by atoms with van der Waals surface area (Å²) in [6.07, 6.45) is 48.8. The number of allylic oxidation sites excluding steroid dienone is 4. The van der Waals surface area contributed by atoms with E-state index in [1.54, 1.807) is 0 Å². The van der Waals surface area contributed by atoms with Gasteiger partial charge in [-0.2, -0.15) is 0 Å². The molecule has 0 aliphatic heterocycles.